The van der Waals surface area contributed by atoms with Crippen molar-refractivity contribution in [2.75, 3.05) is 18.4 Å². The quantitative estimate of drug-likeness (QED) is 0.896. The van der Waals surface area contributed by atoms with Gasteiger partial charge in [0.1, 0.15) is 0 Å². The smallest absolute Gasteiger partial charge is 0.0419 e. The average molecular weight is 264 g/mol. The number of hydrogen-bond acceptors (Lipinski definition) is 2. The summed E-state index contributed by atoms with van der Waals surface area (Å²) in [7, 11) is 0. The van der Waals surface area contributed by atoms with Crippen LogP contribution in [0.15, 0.2) is 42.5 Å². The van der Waals surface area contributed by atoms with E-state index in [1.54, 1.807) is 0 Å². The molecule has 2 heterocycles. The van der Waals surface area contributed by atoms with Gasteiger partial charge in [-0.3, -0.25) is 4.90 Å². The summed E-state index contributed by atoms with van der Waals surface area (Å²) in [4.78, 5) is 2.57. The molecule has 0 spiro atoms. The van der Waals surface area contributed by atoms with Gasteiger partial charge in [-0.1, -0.05) is 42.5 Å². The number of anilines is 1. The van der Waals surface area contributed by atoms with E-state index in [1.165, 1.54) is 47.3 Å². The topological polar surface area (TPSA) is 15.3 Å². The number of hydrogen-bond donors (Lipinski definition) is 1. The van der Waals surface area contributed by atoms with Crippen molar-refractivity contribution >= 4 is 5.69 Å². The zero-order chi connectivity index (χ0) is 13.4. The van der Waals surface area contributed by atoms with Gasteiger partial charge in [0.2, 0.25) is 0 Å². The summed E-state index contributed by atoms with van der Waals surface area (Å²) in [5.74, 6) is 0. The van der Waals surface area contributed by atoms with Crippen molar-refractivity contribution in [1.29, 1.82) is 0 Å². The van der Waals surface area contributed by atoms with Gasteiger partial charge < -0.3 is 5.32 Å². The van der Waals surface area contributed by atoms with Crippen LogP contribution >= 0.6 is 0 Å². The van der Waals surface area contributed by atoms with E-state index >= 15 is 0 Å². The highest BCUT2D eigenvalue weighted by atomic mass is 15.1. The molecule has 1 N–H and O–H groups in total. The van der Waals surface area contributed by atoms with Gasteiger partial charge in [0, 0.05) is 31.9 Å². The van der Waals surface area contributed by atoms with Crippen LogP contribution in [0.5, 0.6) is 0 Å². The van der Waals surface area contributed by atoms with Crippen LogP contribution < -0.4 is 5.32 Å². The molecule has 4 rings (SSSR count). The van der Waals surface area contributed by atoms with Gasteiger partial charge in [0.25, 0.3) is 0 Å². The molecule has 0 saturated carbocycles. The van der Waals surface area contributed by atoms with Gasteiger partial charge in [-0.05, 0) is 35.1 Å². The van der Waals surface area contributed by atoms with Crippen molar-refractivity contribution in [2.24, 2.45) is 0 Å². The molecule has 0 unspecified atom stereocenters. The average Bonchev–Trinajstić information content (AvgIpc) is 2.97. The molecular weight excluding hydrogens is 244 g/mol. The first-order valence-electron chi connectivity index (χ1n) is 7.54. The standard InChI is InChI=1S/C18H20N2/c1-2-5-16-12-20(11-9-14(16)4-1)13-17-7-3-6-15-8-10-19-18(15)17/h1-7,19H,8-13H2. The second-order valence-electron chi connectivity index (χ2n) is 5.86. The van der Waals surface area contributed by atoms with E-state index in [0.29, 0.717) is 0 Å². The first-order chi connectivity index (χ1) is 9.90. The maximum Gasteiger partial charge on any atom is 0.0419 e. The van der Waals surface area contributed by atoms with Crippen molar-refractivity contribution in [3.8, 4) is 0 Å². The minimum Gasteiger partial charge on any atom is -0.384 e. The summed E-state index contributed by atoms with van der Waals surface area (Å²) in [6, 6.07) is 15.6. The number of benzene rings is 2. The molecule has 2 nitrogen and oxygen atoms in total. The van der Waals surface area contributed by atoms with Crippen molar-refractivity contribution in [3.05, 3.63) is 64.7 Å². The first kappa shape index (κ1) is 12.0. The Morgan fingerprint density at radius 2 is 1.75 bits per heavy atom. The van der Waals surface area contributed by atoms with Crippen molar-refractivity contribution in [2.45, 2.75) is 25.9 Å². The predicted molar refractivity (Wildman–Crippen MR) is 82.9 cm³/mol. The Morgan fingerprint density at radius 1 is 0.900 bits per heavy atom. The van der Waals surface area contributed by atoms with E-state index < -0.39 is 0 Å². The van der Waals surface area contributed by atoms with Crippen LogP contribution in [0, 0.1) is 0 Å². The molecule has 0 fully saturated rings. The fourth-order valence-electron chi connectivity index (χ4n) is 3.47. The Hall–Kier alpha value is -1.80. The molecule has 0 atom stereocenters. The predicted octanol–water partition coefficient (Wildman–Crippen LogP) is 3.21. The maximum absolute atomic E-state index is 3.55. The van der Waals surface area contributed by atoms with E-state index in [2.05, 4.69) is 52.7 Å². The third-order valence-corrected chi connectivity index (χ3v) is 4.54. The lowest BCUT2D eigenvalue weighted by atomic mass is 9.99. The third kappa shape index (κ3) is 2.10. The molecule has 0 saturated heterocycles. The second kappa shape index (κ2) is 4.95. The lowest BCUT2D eigenvalue weighted by molar-refractivity contribution is 0.246. The molecule has 2 heteroatoms. The fourth-order valence-corrected chi connectivity index (χ4v) is 3.47. The Balaban J connectivity index is 1.55. The normalized spacial score (nSPS) is 17.4. The van der Waals surface area contributed by atoms with Gasteiger partial charge in [-0.2, -0.15) is 0 Å². The molecule has 2 aromatic carbocycles. The summed E-state index contributed by atoms with van der Waals surface area (Å²) in [5, 5.41) is 3.55. The van der Waals surface area contributed by atoms with E-state index in [-0.39, 0.29) is 0 Å². The zero-order valence-corrected chi connectivity index (χ0v) is 11.7. The highest BCUT2D eigenvalue weighted by molar-refractivity contribution is 5.61. The summed E-state index contributed by atoms with van der Waals surface area (Å²) >= 11 is 0. The summed E-state index contributed by atoms with van der Waals surface area (Å²) in [6.45, 7) is 4.40. The highest BCUT2D eigenvalue weighted by Gasteiger charge is 2.19. The van der Waals surface area contributed by atoms with Gasteiger partial charge >= 0.3 is 0 Å². The molecule has 0 bridgehead atoms. The van der Waals surface area contributed by atoms with Gasteiger partial charge in [0.05, 0.1) is 0 Å². The number of nitrogens with zero attached hydrogens (tertiary/aromatic N) is 1. The molecule has 2 aliphatic rings. The fraction of sp³-hybridized carbons (Fsp3) is 0.333. The molecule has 102 valence electrons. The molecule has 0 amide bonds. The van der Waals surface area contributed by atoms with E-state index in [0.717, 1.165) is 19.6 Å². The van der Waals surface area contributed by atoms with Gasteiger partial charge in [0.15, 0.2) is 0 Å². The van der Waals surface area contributed by atoms with Crippen LogP contribution in [0.25, 0.3) is 0 Å². The Morgan fingerprint density at radius 3 is 2.70 bits per heavy atom. The molecule has 0 radical (unpaired) electrons. The van der Waals surface area contributed by atoms with Crippen LogP contribution in [0.4, 0.5) is 5.69 Å². The number of rotatable bonds is 2. The van der Waals surface area contributed by atoms with Crippen molar-refractivity contribution in [1.82, 2.24) is 4.90 Å². The minimum absolute atomic E-state index is 1.06. The monoisotopic (exact) mass is 264 g/mol. The minimum atomic E-state index is 1.06. The number of nitrogens with one attached hydrogen (secondary N) is 1. The molecule has 2 aromatic rings. The SMILES string of the molecule is c1ccc2c(c1)CCN(Cc1cccc3c1NCC3)C2. The van der Waals surface area contributed by atoms with E-state index in [9.17, 15) is 0 Å². The lowest BCUT2D eigenvalue weighted by Gasteiger charge is -2.29. The van der Waals surface area contributed by atoms with Crippen LogP contribution in [-0.2, 0) is 25.9 Å². The molecule has 0 aromatic heterocycles. The summed E-state index contributed by atoms with van der Waals surface area (Å²) in [6.07, 6.45) is 2.35. The van der Waals surface area contributed by atoms with Gasteiger partial charge in [-0.15, -0.1) is 0 Å². The maximum atomic E-state index is 3.55. The zero-order valence-electron chi connectivity index (χ0n) is 11.7. The van der Waals surface area contributed by atoms with Crippen LogP contribution in [0.1, 0.15) is 22.3 Å². The van der Waals surface area contributed by atoms with Gasteiger partial charge in [-0.25, -0.2) is 0 Å². The van der Waals surface area contributed by atoms with Crippen LogP contribution in [0.2, 0.25) is 0 Å². The third-order valence-electron chi connectivity index (χ3n) is 4.54. The van der Waals surface area contributed by atoms with Crippen LogP contribution in [-0.4, -0.2) is 18.0 Å². The van der Waals surface area contributed by atoms with E-state index in [4.69, 9.17) is 0 Å². The Kier molecular flexibility index (Phi) is 2.96. The summed E-state index contributed by atoms with van der Waals surface area (Å²) in [5.41, 5.74) is 7.37. The second-order valence-corrected chi connectivity index (χ2v) is 5.86. The molecule has 20 heavy (non-hydrogen) atoms. The molecule has 0 aliphatic carbocycles. The Bertz CT molecular complexity index is 633. The largest absolute Gasteiger partial charge is 0.384 e. The Labute approximate surface area is 120 Å². The molecule has 2 aliphatic heterocycles. The number of para-hydroxylation sites is 1. The van der Waals surface area contributed by atoms with Crippen molar-refractivity contribution in [3.63, 3.8) is 0 Å². The summed E-state index contributed by atoms with van der Waals surface area (Å²) < 4.78 is 0. The van der Waals surface area contributed by atoms with Crippen LogP contribution in [0.3, 0.4) is 0 Å². The first-order valence-corrected chi connectivity index (χ1v) is 7.54. The molecular formula is C18H20N2. The van der Waals surface area contributed by atoms with E-state index in [1.807, 2.05) is 0 Å². The highest BCUT2D eigenvalue weighted by Crippen LogP contribution is 2.28. The van der Waals surface area contributed by atoms with Crippen molar-refractivity contribution < 1.29 is 0 Å². The lowest BCUT2D eigenvalue weighted by Crippen LogP contribution is -2.30. The number of fused-ring (bicyclic) bond motifs is 2.